The monoisotopic (exact) mass is 249 g/mol. The molecule has 1 aliphatic rings. The van der Waals surface area contributed by atoms with Crippen molar-refractivity contribution in [1.82, 2.24) is 4.90 Å². The predicted octanol–water partition coefficient (Wildman–Crippen LogP) is 1.96. The summed E-state index contributed by atoms with van der Waals surface area (Å²) in [6.45, 7) is 3.25. The van der Waals surface area contributed by atoms with Gasteiger partial charge in [-0.25, -0.2) is 0 Å². The van der Waals surface area contributed by atoms with Crippen molar-refractivity contribution in [3.63, 3.8) is 0 Å². The maximum Gasteiger partial charge on any atom is 0.320 e. The number of ether oxygens (including phenoxy) is 1. The molecule has 0 saturated heterocycles. The number of carbonyl (C=O) groups is 1. The average Bonchev–Trinajstić information content (AvgIpc) is 2.73. The van der Waals surface area contributed by atoms with Crippen molar-refractivity contribution in [2.75, 3.05) is 20.2 Å². The Balaban J connectivity index is 2.05. The molecular formula is C14H19NO3. The zero-order valence-electron chi connectivity index (χ0n) is 10.8. The lowest BCUT2D eigenvalue weighted by Gasteiger charge is -2.25. The number of benzene rings is 1. The van der Waals surface area contributed by atoms with Crippen molar-refractivity contribution in [3.8, 4) is 5.75 Å². The van der Waals surface area contributed by atoms with Crippen LogP contribution in [0, 0.1) is 0 Å². The van der Waals surface area contributed by atoms with Crippen LogP contribution in [-0.4, -0.2) is 42.2 Å². The van der Waals surface area contributed by atoms with Crippen LogP contribution in [0.2, 0.25) is 0 Å². The molecule has 0 fully saturated rings. The first-order valence-corrected chi connectivity index (χ1v) is 6.28. The second-order valence-corrected chi connectivity index (χ2v) is 4.75. The summed E-state index contributed by atoms with van der Waals surface area (Å²) in [4.78, 5) is 13.0. The van der Waals surface area contributed by atoms with Crippen LogP contribution in [0.5, 0.6) is 5.75 Å². The number of likely N-dealkylation sites (N-methyl/N-ethyl adjacent to an activating group) is 1. The highest BCUT2D eigenvalue weighted by atomic mass is 16.5. The van der Waals surface area contributed by atoms with Gasteiger partial charge in [0.25, 0.3) is 0 Å². The highest BCUT2D eigenvalue weighted by molar-refractivity contribution is 5.73. The summed E-state index contributed by atoms with van der Waals surface area (Å²) in [5, 5.41) is 9.14. The quantitative estimate of drug-likeness (QED) is 0.866. The Kier molecular flexibility index (Phi) is 3.87. The van der Waals surface area contributed by atoms with Crippen LogP contribution < -0.4 is 4.74 Å². The summed E-state index contributed by atoms with van der Waals surface area (Å²) in [5.41, 5.74) is 1.18. The van der Waals surface area contributed by atoms with Gasteiger partial charge in [0.05, 0.1) is 6.61 Å². The SMILES string of the molecule is CCC(C(=O)O)N(C)CC1COc2ccccc21. The molecule has 18 heavy (non-hydrogen) atoms. The summed E-state index contributed by atoms with van der Waals surface area (Å²) in [6.07, 6.45) is 0.612. The normalized spacial score (nSPS) is 19.4. The van der Waals surface area contributed by atoms with Crippen molar-refractivity contribution in [1.29, 1.82) is 0 Å². The minimum absolute atomic E-state index is 0.264. The van der Waals surface area contributed by atoms with Gasteiger partial charge in [-0.05, 0) is 19.5 Å². The van der Waals surface area contributed by atoms with Crippen LogP contribution in [0.3, 0.4) is 0 Å². The second kappa shape index (κ2) is 5.40. The smallest absolute Gasteiger partial charge is 0.320 e. The molecule has 1 aliphatic heterocycles. The van der Waals surface area contributed by atoms with Gasteiger partial charge in [-0.15, -0.1) is 0 Å². The van der Waals surface area contributed by atoms with E-state index in [0.717, 1.165) is 5.75 Å². The minimum atomic E-state index is -0.757. The van der Waals surface area contributed by atoms with E-state index in [0.29, 0.717) is 19.6 Å². The van der Waals surface area contributed by atoms with E-state index in [9.17, 15) is 4.79 Å². The van der Waals surface area contributed by atoms with Crippen molar-refractivity contribution in [2.45, 2.75) is 25.3 Å². The molecule has 0 radical (unpaired) electrons. The van der Waals surface area contributed by atoms with Gasteiger partial charge in [-0.1, -0.05) is 25.1 Å². The molecular weight excluding hydrogens is 230 g/mol. The third-order valence-corrected chi connectivity index (χ3v) is 3.51. The zero-order valence-corrected chi connectivity index (χ0v) is 10.8. The molecule has 0 amide bonds. The lowest BCUT2D eigenvalue weighted by atomic mass is 10.00. The molecule has 1 aromatic rings. The van der Waals surface area contributed by atoms with Gasteiger partial charge in [-0.2, -0.15) is 0 Å². The highest BCUT2D eigenvalue weighted by Gasteiger charge is 2.28. The van der Waals surface area contributed by atoms with Crippen LogP contribution in [-0.2, 0) is 4.79 Å². The van der Waals surface area contributed by atoms with Gasteiger partial charge in [0.2, 0.25) is 0 Å². The zero-order chi connectivity index (χ0) is 13.1. The first kappa shape index (κ1) is 12.9. The Labute approximate surface area is 107 Å². The third kappa shape index (κ3) is 2.48. The molecule has 4 nitrogen and oxygen atoms in total. The van der Waals surface area contributed by atoms with Crippen LogP contribution in [0.1, 0.15) is 24.8 Å². The lowest BCUT2D eigenvalue weighted by Crippen LogP contribution is -2.40. The molecule has 0 aliphatic carbocycles. The summed E-state index contributed by atoms with van der Waals surface area (Å²) >= 11 is 0. The number of aliphatic carboxylic acids is 1. The standard InChI is InChI=1S/C14H19NO3/c1-3-12(14(16)17)15(2)8-10-9-18-13-7-5-4-6-11(10)13/h4-7,10,12H,3,8-9H2,1-2H3,(H,16,17). The van der Waals surface area contributed by atoms with Gasteiger partial charge in [0.15, 0.2) is 0 Å². The molecule has 4 heteroatoms. The number of nitrogens with zero attached hydrogens (tertiary/aromatic N) is 1. The molecule has 1 aromatic carbocycles. The summed E-state index contributed by atoms with van der Waals surface area (Å²) < 4.78 is 5.61. The average molecular weight is 249 g/mol. The topological polar surface area (TPSA) is 49.8 Å². The molecule has 2 atom stereocenters. The van der Waals surface area contributed by atoms with Crippen molar-refractivity contribution in [2.24, 2.45) is 0 Å². The summed E-state index contributed by atoms with van der Waals surface area (Å²) in [7, 11) is 1.86. The van der Waals surface area contributed by atoms with Crippen molar-refractivity contribution < 1.29 is 14.6 Å². The second-order valence-electron chi connectivity index (χ2n) is 4.75. The fraction of sp³-hybridized carbons (Fsp3) is 0.500. The number of hydrogen-bond donors (Lipinski definition) is 1. The maximum absolute atomic E-state index is 11.1. The van der Waals surface area contributed by atoms with E-state index in [2.05, 4.69) is 6.07 Å². The van der Waals surface area contributed by atoms with Gasteiger partial charge in [0.1, 0.15) is 11.8 Å². The van der Waals surface area contributed by atoms with Crippen molar-refractivity contribution >= 4 is 5.97 Å². The molecule has 2 rings (SSSR count). The van der Waals surface area contributed by atoms with Gasteiger partial charge >= 0.3 is 5.97 Å². The van der Waals surface area contributed by atoms with Gasteiger partial charge < -0.3 is 9.84 Å². The Bertz CT molecular complexity index is 433. The van der Waals surface area contributed by atoms with Crippen LogP contribution in [0.4, 0.5) is 0 Å². The first-order valence-electron chi connectivity index (χ1n) is 6.28. The van der Waals surface area contributed by atoms with Crippen LogP contribution >= 0.6 is 0 Å². The Morgan fingerprint density at radius 3 is 2.94 bits per heavy atom. The largest absolute Gasteiger partial charge is 0.493 e. The van der Waals surface area contributed by atoms with E-state index in [4.69, 9.17) is 9.84 Å². The van der Waals surface area contributed by atoms with Crippen LogP contribution in [0.15, 0.2) is 24.3 Å². The maximum atomic E-state index is 11.1. The minimum Gasteiger partial charge on any atom is -0.493 e. The van der Waals surface area contributed by atoms with Gasteiger partial charge in [-0.3, -0.25) is 9.69 Å². The fourth-order valence-electron chi connectivity index (χ4n) is 2.53. The van der Waals surface area contributed by atoms with E-state index < -0.39 is 12.0 Å². The molecule has 1 heterocycles. The summed E-state index contributed by atoms with van der Waals surface area (Å²) in [5.74, 6) is 0.436. The highest BCUT2D eigenvalue weighted by Crippen LogP contribution is 2.34. The molecule has 98 valence electrons. The Morgan fingerprint density at radius 2 is 2.28 bits per heavy atom. The number of fused-ring (bicyclic) bond motifs is 1. The van der Waals surface area contributed by atoms with E-state index in [1.165, 1.54) is 5.56 Å². The van der Waals surface area contributed by atoms with E-state index in [-0.39, 0.29) is 5.92 Å². The predicted molar refractivity (Wildman–Crippen MR) is 69.0 cm³/mol. The van der Waals surface area contributed by atoms with E-state index in [1.807, 2.05) is 37.1 Å². The number of hydrogen-bond acceptors (Lipinski definition) is 3. The number of carboxylic acid groups (broad SMARTS) is 1. The molecule has 0 aromatic heterocycles. The lowest BCUT2D eigenvalue weighted by molar-refractivity contribution is -0.143. The number of carboxylic acids is 1. The number of rotatable bonds is 5. The fourth-order valence-corrected chi connectivity index (χ4v) is 2.53. The Morgan fingerprint density at radius 1 is 1.56 bits per heavy atom. The molecule has 2 unspecified atom stereocenters. The van der Waals surface area contributed by atoms with E-state index >= 15 is 0 Å². The first-order chi connectivity index (χ1) is 8.63. The summed E-state index contributed by atoms with van der Waals surface area (Å²) in [6, 6.07) is 7.55. The molecule has 0 saturated carbocycles. The third-order valence-electron chi connectivity index (χ3n) is 3.51. The van der Waals surface area contributed by atoms with E-state index in [1.54, 1.807) is 0 Å². The van der Waals surface area contributed by atoms with Crippen LogP contribution in [0.25, 0.3) is 0 Å². The molecule has 0 bridgehead atoms. The van der Waals surface area contributed by atoms with Crippen molar-refractivity contribution in [3.05, 3.63) is 29.8 Å². The molecule has 1 N–H and O–H groups in total. The van der Waals surface area contributed by atoms with Gasteiger partial charge in [0, 0.05) is 18.0 Å². The Hall–Kier alpha value is -1.55. The molecule has 0 spiro atoms. The number of para-hydroxylation sites is 1.